The van der Waals surface area contributed by atoms with E-state index < -0.39 is 15.8 Å². The largest absolute Gasteiger partial charge is 0.390 e. The third-order valence-electron chi connectivity index (χ3n) is 6.81. The van der Waals surface area contributed by atoms with E-state index >= 15 is 0 Å². The summed E-state index contributed by atoms with van der Waals surface area (Å²) >= 11 is 0. The van der Waals surface area contributed by atoms with Crippen molar-refractivity contribution in [2.75, 3.05) is 35.6 Å². The average molecular weight is 479 g/mol. The number of aliphatic hydroxyl groups excluding tert-OH is 1. The van der Waals surface area contributed by atoms with Gasteiger partial charge in [0.1, 0.15) is 5.82 Å². The van der Waals surface area contributed by atoms with E-state index in [4.69, 9.17) is 14.3 Å². The van der Waals surface area contributed by atoms with E-state index in [9.17, 15) is 9.32 Å². The van der Waals surface area contributed by atoms with Crippen molar-refractivity contribution in [3.63, 3.8) is 0 Å². The van der Waals surface area contributed by atoms with Crippen LogP contribution in [0.2, 0.25) is 0 Å². The summed E-state index contributed by atoms with van der Waals surface area (Å²) in [5.74, 6) is 1.78. The molecule has 0 amide bonds. The van der Waals surface area contributed by atoms with Crippen LogP contribution in [0.15, 0.2) is 51.7 Å². The highest BCUT2D eigenvalue weighted by atomic mass is 32.2. The first-order chi connectivity index (χ1) is 16.5. The fourth-order valence-corrected chi connectivity index (χ4v) is 7.18. The molecule has 178 valence electrons. The summed E-state index contributed by atoms with van der Waals surface area (Å²) in [6.07, 6.45) is 1.59. The number of nitrogens with zero attached hydrogens (tertiary/aromatic N) is 4. The van der Waals surface area contributed by atoms with Crippen LogP contribution in [0.4, 0.5) is 11.8 Å². The number of nitrogens with one attached hydrogen (secondary N) is 2. The molecule has 9 heteroatoms. The van der Waals surface area contributed by atoms with Crippen molar-refractivity contribution in [2.45, 2.75) is 49.4 Å². The van der Waals surface area contributed by atoms with Gasteiger partial charge in [-0.15, -0.1) is 0 Å². The molecule has 3 N–H and O–H groups in total. The zero-order chi connectivity index (χ0) is 23.3. The third kappa shape index (κ3) is 4.12. The lowest BCUT2D eigenvalue weighted by Gasteiger charge is -2.23. The quantitative estimate of drug-likeness (QED) is 0.530. The minimum absolute atomic E-state index is 0.118. The summed E-state index contributed by atoms with van der Waals surface area (Å²) in [6.45, 7) is 4.44. The Morgan fingerprint density at radius 2 is 2.03 bits per heavy atom. The van der Waals surface area contributed by atoms with Crippen LogP contribution in [0.25, 0.3) is 10.9 Å². The van der Waals surface area contributed by atoms with E-state index in [1.165, 1.54) is 0 Å². The average Bonchev–Trinajstić information content (AvgIpc) is 3.58. The second-order valence-electron chi connectivity index (χ2n) is 9.58. The van der Waals surface area contributed by atoms with Gasteiger partial charge in [-0.2, -0.15) is 4.98 Å². The number of anilines is 2. The Morgan fingerprint density at radius 3 is 2.82 bits per heavy atom. The first kappa shape index (κ1) is 21.8. The number of aromatic nitrogens is 2. The van der Waals surface area contributed by atoms with Gasteiger partial charge < -0.3 is 20.6 Å². The lowest BCUT2D eigenvalue weighted by Crippen LogP contribution is -2.33. The Kier molecular flexibility index (Phi) is 5.43. The summed E-state index contributed by atoms with van der Waals surface area (Å²) in [5.41, 5.74) is 2.99. The van der Waals surface area contributed by atoms with E-state index in [1.807, 2.05) is 36.4 Å². The maximum Gasteiger partial charge on any atom is 0.228 e. The summed E-state index contributed by atoms with van der Waals surface area (Å²) in [7, 11) is -2.48. The minimum Gasteiger partial charge on any atom is -0.390 e. The van der Waals surface area contributed by atoms with Crippen molar-refractivity contribution in [3.05, 3.63) is 53.6 Å². The molecule has 6 rings (SSSR count). The molecule has 2 aromatic carbocycles. The van der Waals surface area contributed by atoms with Gasteiger partial charge in [0.05, 0.1) is 44.1 Å². The molecule has 34 heavy (non-hydrogen) atoms. The van der Waals surface area contributed by atoms with Crippen LogP contribution in [0.5, 0.6) is 0 Å². The van der Waals surface area contributed by atoms with E-state index in [-0.39, 0.29) is 12.1 Å². The maximum atomic E-state index is 14.0. The van der Waals surface area contributed by atoms with Gasteiger partial charge in [0.25, 0.3) is 0 Å². The van der Waals surface area contributed by atoms with Crippen LogP contribution in [-0.4, -0.2) is 62.9 Å². The SMILES string of the molecule is Cc1ccc2nc(N3CCS(=O)(=NC4CC4)c4ccccc4C3)nc(N[C@@H]3CNC[C@H]3O)c2c1. The van der Waals surface area contributed by atoms with Gasteiger partial charge in [-0.25, -0.2) is 13.6 Å². The highest BCUT2D eigenvalue weighted by molar-refractivity contribution is 7.93. The fraction of sp³-hybridized carbons (Fsp3) is 0.440. The topological polar surface area (TPSA) is 103 Å². The number of aliphatic hydroxyl groups is 1. The Bertz CT molecular complexity index is 1360. The molecule has 1 saturated heterocycles. The molecule has 0 spiro atoms. The first-order valence-electron chi connectivity index (χ1n) is 12.0. The van der Waals surface area contributed by atoms with Crippen molar-refractivity contribution in [3.8, 4) is 0 Å². The maximum absolute atomic E-state index is 14.0. The second-order valence-corrected chi connectivity index (χ2v) is 11.9. The van der Waals surface area contributed by atoms with Crippen molar-refractivity contribution < 1.29 is 9.32 Å². The van der Waals surface area contributed by atoms with Crippen LogP contribution in [0, 0.1) is 6.92 Å². The molecule has 1 unspecified atom stereocenters. The molecule has 3 heterocycles. The summed E-state index contributed by atoms with van der Waals surface area (Å²) in [6, 6.07) is 14.2. The van der Waals surface area contributed by atoms with Crippen LogP contribution in [0.3, 0.4) is 0 Å². The summed E-state index contributed by atoms with van der Waals surface area (Å²) < 4.78 is 18.8. The molecule has 1 saturated carbocycles. The number of hydrogen-bond acceptors (Lipinski definition) is 8. The number of aryl methyl sites for hydroxylation is 1. The van der Waals surface area contributed by atoms with Gasteiger partial charge in [0.15, 0.2) is 0 Å². The monoisotopic (exact) mass is 478 g/mol. The molecular formula is C25H30N6O2S. The van der Waals surface area contributed by atoms with E-state index in [1.54, 1.807) is 0 Å². The molecule has 0 bridgehead atoms. The van der Waals surface area contributed by atoms with Gasteiger partial charge >= 0.3 is 0 Å². The van der Waals surface area contributed by atoms with Crippen LogP contribution >= 0.6 is 0 Å². The third-order valence-corrected chi connectivity index (χ3v) is 9.27. The number of hydrogen-bond donors (Lipinski definition) is 3. The Morgan fingerprint density at radius 1 is 1.18 bits per heavy atom. The van der Waals surface area contributed by atoms with Gasteiger partial charge in [-0.1, -0.05) is 29.8 Å². The molecule has 3 aliphatic rings. The van der Waals surface area contributed by atoms with Gasteiger partial charge in [-0.3, -0.25) is 0 Å². The molecule has 2 aliphatic heterocycles. The molecule has 1 aliphatic carbocycles. The van der Waals surface area contributed by atoms with Crippen LogP contribution in [-0.2, 0) is 16.3 Å². The smallest absolute Gasteiger partial charge is 0.228 e. The van der Waals surface area contributed by atoms with E-state index in [0.717, 1.165) is 45.6 Å². The first-order valence-corrected chi connectivity index (χ1v) is 13.7. The number of β-amino-alcohol motifs (C(OH)–C–C–N with tert-alkyl or cyclic N) is 1. The minimum atomic E-state index is -2.48. The van der Waals surface area contributed by atoms with Crippen LogP contribution in [0.1, 0.15) is 24.0 Å². The molecular weight excluding hydrogens is 448 g/mol. The number of rotatable bonds is 4. The highest BCUT2D eigenvalue weighted by Gasteiger charge is 2.30. The molecule has 1 aromatic heterocycles. The van der Waals surface area contributed by atoms with Crippen molar-refractivity contribution in [1.29, 1.82) is 0 Å². The normalized spacial score (nSPS) is 26.8. The number of fused-ring (bicyclic) bond motifs is 2. The molecule has 8 nitrogen and oxygen atoms in total. The lowest BCUT2D eigenvalue weighted by atomic mass is 10.1. The van der Waals surface area contributed by atoms with E-state index in [0.29, 0.717) is 37.9 Å². The molecule has 3 aromatic rings. The molecule has 0 radical (unpaired) electrons. The summed E-state index contributed by atoms with van der Waals surface area (Å²) in [5, 5.41) is 18.0. The van der Waals surface area contributed by atoms with Crippen LogP contribution < -0.4 is 15.5 Å². The second kappa shape index (κ2) is 8.48. The lowest BCUT2D eigenvalue weighted by molar-refractivity contribution is 0.185. The fourth-order valence-electron chi connectivity index (χ4n) is 4.74. The predicted octanol–water partition coefficient (Wildman–Crippen LogP) is 2.69. The zero-order valence-corrected chi connectivity index (χ0v) is 20.1. The Hall–Kier alpha value is -2.75. The van der Waals surface area contributed by atoms with Crippen molar-refractivity contribution in [2.24, 2.45) is 4.36 Å². The van der Waals surface area contributed by atoms with Gasteiger partial charge in [-0.05, 0) is 43.5 Å². The molecule has 2 fully saturated rings. The van der Waals surface area contributed by atoms with Crippen molar-refractivity contribution in [1.82, 2.24) is 15.3 Å². The van der Waals surface area contributed by atoms with Crippen molar-refractivity contribution >= 4 is 32.4 Å². The predicted molar refractivity (Wildman–Crippen MR) is 135 cm³/mol. The standard InChI is InChI=1S/C25H30N6O2S/c1-16-6-9-20-19(12-16)24(27-21-13-26-14-22(21)32)29-25(28-20)31-10-11-34(33,30-18-7-8-18)23-5-3-2-4-17(23)15-31/h2-6,9,12,18,21-22,26,32H,7-8,10-11,13-15H2,1H3,(H,27,28,29)/t21-,22-,34?/m1/s1. The Balaban J connectivity index is 1.41. The van der Waals surface area contributed by atoms with Gasteiger partial charge in [0, 0.05) is 31.6 Å². The highest BCUT2D eigenvalue weighted by Crippen LogP contribution is 2.33. The molecule has 3 atom stereocenters. The summed E-state index contributed by atoms with van der Waals surface area (Å²) in [4.78, 5) is 12.8. The van der Waals surface area contributed by atoms with E-state index in [2.05, 4.69) is 28.5 Å². The number of benzene rings is 2. The Labute approximate surface area is 200 Å². The zero-order valence-electron chi connectivity index (χ0n) is 19.3. The van der Waals surface area contributed by atoms with Gasteiger partial charge in [0.2, 0.25) is 5.95 Å².